The highest BCUT2D eigenvalue weighted by molar-refractivity contribution is 5.50. The predicted octanol–water partition coefficient (Wildman–Crippen LogP) is 4.61. The zero-order valence-corrected chi connectivity index (χ0v) is 12.0. The Bertz CT molecular complexity index is 578. The molecule has 0 saturated heterocycles. The quantitative estimate of drug-likeness (QED) is 0.564. The molecule has 0 atom stereocenters. The fourth-order valence-corrected chi connectivity index (χ4v) is 1.75. The molecule has 0 saturated carbocycles. The van der Waals surface area contributed by atoms with Crippen LogP contribution in [0, 0.1) is 6.92 Å². The number of benzene rings is 2. The van der Waals surface area contributed by atoms with Crippen molar-refractivity contribution in [3.63, 3.8) is 0 Å². The molecule has 0 unspecified atom stereocenters. The lowest BCUT2D eigenvalue weighted by molar-refractivity contribution is 0.486. The Kier molecular flexibility index (Phi) is 3.76. The van der Waals surface area contributed by atoms with Crippen LogP contribution in [0.3, 0.4) is 0 Å². The van der Waals surface area contributed by atoms with Gasteiger partial charge < -0.3 is 0 Å². The maximum atomic E-state index is 4.29. The first kappa shape index (κ1) is 13.4. The molecule has 0 aliphatic rings. The lowest BCUT2D eigenvalue weighted by atomic mass is 10.2. The van der Waals surface area contributed by atoms with Crippen molar-refractivity contribution in [1.29, 1.82) is 0 Å². The van der Waals surface area contributed by atoms with Crippen LogP contribution in [0.5, 0.6) is 0 Å². The first-order chi connectivity index (χ1) is 8.97. The van der Waals surface area contributed by atoms with Crippen LogP contribution in [-0.2, 0) is 0 Å². The average molecular weight is 254 g/mol. The van der Waals surface area contributed by atoms with Gasteiger partial charge in [-0.25, -0.2) is 0 Å². The van der Waals surface area contributed by atoms with Gasteiger partial charge in [0.2, 0.25) is 0 Å². The maximum Gasteiger partial charge on any atom is 0.132 e. The number of hydrogen-bond donors (Lipinski definition) is 0. The molecule has 0 heterocycles. The van der Waals surface area contributed by atoms with E-state index < -0.39 is 0 Å². The first-order valence-corrected chi connectivity index (χ1v) is 6.36. The summed E-state index contributed by atoms with van der Waals surface area (Å²) in [6.45, 7) is 2.04. The van der Waals surface area contributed by atoms with E-state index in [1.807, 2.05) is 43.3 Å². The summed E-state index contributed by atoms with van der Waals surface area (Å²) in [6.07, 6.45) is 0. The van der Waals surface area contributed by atoms with E-state index in [0.29, 0.717) is 0 Å². The van der Waals surface area contributed by atoms with Gasteiger partial charge in [-0.2, -0.15) is 10.2 Å². The van der Waals surface area contributed by atoms with Crippen LogP contribution in [-0.4, -0.2) is 21.1 Å². The summed E-state index contributed by atoms with van der Waals surface area (Å²) in [5.74, 6) is 0. The molecule has 0 fully saturated rings. The van der Waals surface area contributed by atoms with Crippen LogP contribution in [0.1, 0.15) is 5.56 Å². The van der Waals surface area contributed by atoms with Crippen molar-refractivity contribution in [3.05, 3.63) is 54.1 Å². The Balaban J connectivity index is 2.19. The molecule has 19 heavy (non-hydrogen) atoms. The number of hydrogen-bond acceptors (Lipinski definition) is 2. The van der Waals surface area contributed by atoms with Gasteiger partial charge in [-0.1, -0.05) is 18.2 Å². The molecule has 0 aromatic heterocycles. The number of rotatable bonds is 3. The lowest BCUT2D eigenvalue weighted by Gasteiger charge is -2.23. The maximum absolute atomic E-state index is 4.29. The van der Waals surface area contributed by atoms with Crippen molar-refractivity contribution in [2.75, 3.05) is 21.1 Å². The lowest BCUT2D eigenvalue weighted by Crippen LogP contribution is -2.34. The fraction of sp³-hybridized carbons (Fsp3) is 0.250. The summed E-state index contributed by atoms with van der Waals surface area (Å²) in [5.41, 5.74) is 4.17. The minimum Gasteiger partial charge on any atom is -0.298 e. The van der Waals surface area contributed by atoms with Crippen molar-refractivity contribution in [2.45, 2.75) is 6.92 Å². The van der Waals surface area contributed by atoms with Gasteiger partial charge in [-0.3, -0.25) is 4.48 Å². The molecule has 0 aliphatic heterocycles. The van der Waals surface area contributed by atoms with Crippen LogP contribution < -0.4 is 4.48 Å². The predicted molar refractivity (Wildman–Crippen MR) is 81.4 cm³/mol. The number of quaternary nitrogens is 1. The van der Waals surface area contributed by atoms with E-state index in [-0.39, 0.29) is 0 Å². The molecule has 2 rings (SSSR count). The highest BCUT2D eigenvalue weighted by atomic mass is 15.3. The Morgan fingerprint density at radius 3 is 2.00 bits per heavy atom. The first-order valence-electron chi connectivity index (χ1n) is 6.36. The number of aryl methyl sites for hydroxylation is 1. The molecular weight excluding hydrogens is 234 g/mol. The highest BCUT2D eigenvalue weighted by Gasteiger charge is 2.10. The Hall–Kier alpha value is -2.00. The second-order valence-electron chi connectivity index (χ2n) is 5.52. The molecule has 2 aromatic carbocycles. The molecule has 2 aromatic rings. The molecule has 0 bridgehead atoms. The molecule has 0 amide bonds. The van der Waals surface area contributed by atoms with Gasteiger partial charge >= 0.3 is 0 Å². The molecule has 3 heteroatoms. The average Bonchev–Trinajstić information content (AvgIpc) is 2.37. The Morgan fingerprint density at radius 1 is 0.789 bits per heavy atom. The zero-order valence-electron chi connectivity index (χ0n) is 12.0. The summed E-state index contributed by atoms with van der Waals surface area (Å²) < 4.78 is 0.801. The fourth-order valence-electron chi connectivity index (χ4n) is 1.75. The number of nitrogens with zero attached hydrogens (tertiary/aromatic N) is 3. The van der Waals surface area contributed by atoms with E-state index in [4.69, 9.17) is 0 Å². The van der Waals surface area contributed by atoms with Gasteiger partial charge in [-0.15, -0.1) is 0 Å². The van der Waals surface area contributed by atoms with E-state index in [2.05, 4.69) is 43.5 Å². The van der Waals surface area contributed by atoms with E-state index in [0.717, 1.165) is 21.4 Å². The van der Waals surface area contributed by atoms with E-state index in [9.17, 15) is 0 Å². The normalized spacial score (nSPS) is 12.0. The second-order valence-corrected chi connectivity index (χ2v) is 5.52. The van der Waals surface area contributed by atoms with Gasteiger partial charge in [0.05, 0.1) is 32.5 Å². The SMILES string of the molecule is Cc1ccccc1N=Nc1ccc([N+](C)(C)C)cc1. The van der Waals surface area contributed by atoms with E-state index in [1.54, 1.807) is 0 Å². The third-order valence-corrected chi connectivity index (χ3v) is 3.01. The molecule has 98 valence electrons. The van der Waals surface area contributed by atoms with Crippen molar-refractivity contribution >= 4 is 17.1 Å². The molecule has 3 nitrogen and oxygen atoms in total. The molecule has 0 aliphatic carbocycles. The van der Waals surface area contributed by atoms with Gasteiger partial charge in [0.15, 0.2) is 0 Å². The van der Waals surface area contributed by atoms with Crippen molar-refractivity contribution < 1.29 is 0 Å². The van der Waals surface area contributed by atoms with E-state index in [1.165, 1.54) is 5.69 Å². The van der Waals surface area contributed by atoms with Gasteiger partial charge in [0, 0.05) is 12.1 Å². The standard InChI is InChI=1S/C16H20N3/c1-13-7-5-6-8-16(13)18-17-14-9-11-15(12-10-14)19(2,3)4/h5-12H,1-4H3/q+1. The van der Waals surface area contributed by atoms with Crippen LogP contribution in [0.2, 0.25) is 0 Å². The third-order valence-electron chi connectivity index (χ3n) is 3.01. The third kappa shape index (κ3) is 3.48. The van der Waals surface area contributed by atoms with Crippen LogP contribution in [0.4, 0.5) is 17.1 Å². The monoisotopic (exact) mass is 254 g/mol. The molecule has 0 spiro atoms. The van der Waals surface area contributed by atoms with Crippen molar-refractivity contribution in [3.8, 4) is 0 Å². The molecular formula is C16H20N3+. The van der Waals surface area contributed by atoms with Gasteiger partial charge in [-0.05, 0) is 30.7 Å². The molecule has 0 N–H and O–H groups in total. The van der Waals surface area contributed by atoms with E-state index >= 15 is 0 Å². The van der Waals surface area contributed by atoms with Crippen molar-refractivity contribution in [1.82, 2.24) is 4.48 Å². The summed E-state index contributed by atoms with van der Waals surface area (Å²) in [5, 5.41) is 8.57. The van der Waals surface area contributed by atoms with Gasteiger partial charge in [0.1, 0.15) is 5.69 Å². The Labute approximate surface area is 114 Å². The van der Waals surface area contributed by atoms with Crippen molar-refractivity contribution in [2.24, 2.45) is 10.2 Å². The highest BCUT2D eigenvalue weighted by Crippen LogP contribution is 2.24. The summed E-state index contributed by atoms with van der Waals surface area (Å²) >= 11 is 0. The minimum absolute atomic E-state index is 0.801. The minimum atomic E-state index is 0.801. The summed E-state index contributed by atoms with van der Waals surface area (Å²) in [6, 6.07) is 16.2. The zero-order chi connectivity index (χ0) is 13.9. The largest absolute Gasteiger partial charge is 0.298 e. The second kappa shape index (κ2) is 5.33. The van der Waals surface area contributed by atoms with Gasteiger partial charge in [0.25, 0.3) is 0 Å². The number of azo groups is 1. The van der Waals surface area contributed by atoms with Crippen LogP contribution in [0.25, 0.3) is 0 Å². The van der Waals surface area contributed by atoms with Crippen LogP contribution in [0.15, 0.2) is 58.8 Å². The summed E-state index contributed by atoms with van der Waals surface area (Å²) in [4.78, 5) is 0. The smallest absolute Gasteiger partial charge is 0.132 e. The topological polar surface area (TPSA) is 24.7 Å². The molecule has 0 radical (unpaired) electrons. The summed E-state index contributed by atoms with van der Waals surface area (Å²) in [7, 11) is 6.43. The Morgan fingerprint density at radius 2 is 1.42 bits per heavy atom. The van der Waals surface area contributed by atoms with Crippen LogP contribution >= 0.6 is 0 Å².